The molecular weight excluding hydrogens is 194 g/mol. The number of carbonyl (C=O) groups is 1. The lowest BCUT2D eigenvalue weighted by Crippen LogP contribution is -2.11. The highest BCUT2D eigenvalue weighted by atomic mass is 16.4. The Balaban J connectivity index is 2.46. The largest absolute Gasteiger partial charge is 0.481 e. The van der Waals surface area contributed by atoms with Gasteiger partial charge in [0.25, 0.3) is 0 Å². The highest BCUT2D eigenvalue weighted by Gasteiger charge is 2.19. The van der Waals surface area contributed by atoms with Gasteiger partial charge in [0, 0.05) is 5.39 Å². The fourth-order valence-electron chi connectivity index (χ4n) is 1.59. The quantitative estimate of drug-likeness (QED) is 0.835. The monoisotopic (exact) mass is 205 g/mol. The van der Waals surface area contributed by atoms with Crippen molar-refractivity contribution in [3.8, 4) is 0 Å². The first-order chi connectivity index (χ1) is 7.22. The summed E-state index contributed by atoms with van der Waals surface area (Å²) in [5, 5.41) is 9.87. The summed E-state index contributed by atoms with van der Waals surface area (Å²) in [5.74, 6) is -1.38. The number of carboxylic acid groups (broad SMARTS) is 1. The molecule has 0 saturated carbocycles. The summed E-state index contributed by atoms with van der Waals surface area (Å²) in [6.07, 6.45) is 3.67. The molecule has 1 N–H and O–H groups in total. The molecule has 0 aliphatic carbocycles. The highest BCUT2D eigenvalue weighted by molar-refractivity contribution is 5.80. The Bertz CT molecular complexity index is 489. The summed E-state index contributed by atoms with van der Waals surface area (Å²) in [4.78, 5) is 15.0. The van der Waals surface area contributed by atoms with Crippen molar-refractivity contribution in [1.29, 1.82) is 0 Å². The number of furan rings is 1. The molecule has 0 amide bonds. The van der Waals surface area contributed by atoms with Gasteiger partial charge in [-0.05, 0) is 18.6 Å². The van der Waals surface area contributed by atoms with Crippen LogP contribution in [0.3, 0.4) is 0 Å². The summed E-state index contributed by atoms with van der Waals surface area (Å²) in [6.45, 7) is 1.83. The third kappa shape index (κ3) is 1.70. The summed E-state index contributed by atoms with van der Waals surface area (Å²) in [7, 11) is 0. The molecule has 0 radical (unpaired) electrons. The van der Waals surface area contributed by atoms with Crippen LogP contribution in [0, 0.1) is 0 Å². The number of fused-ring (bicyclic) bond motifs is 1. The van der Waals surface area contributed by atoms with Crippen LogP contribution in [0.15, 0.2) is 29.0 Å². The summed E-state index contributed by atoms with van der Waals surface area (Å²) in [5.41, 5.74) is 1.26. The molecule has 1 unspecified atom stereocenters. The summed E-state index contributed by atoms with van der Waals surface area (Å²) in [6, 6.07) is 3.57. The van der Waals surface area contributed by atoms with E-state index in [4.69, 9.17) is 9.52 Å². The number of pyridine rings is 1. The maximum Gasteiger partial charge on any atom is 0.312 e. The van der Waals surface area contributed by atoms with E-state index in [-0.39, 0.29) is 0 Å². The van der Waals surface area contributed by atoms with Crippen molar-refractivity contribution in [2.24, 2.45) is 0 Å². The van der Waals surface area contributed by atoms with Gasteiger partial charge in [0.2, 0.25) is 0 Å². The van der Waals surface area contributed by atoms with Gasteiger partial charge in [-0.25, -0.2) is 0 Å². The lowest BCUT2D eigenvalue weighted by molar-refractivity contribution is -0.138. The smallest absolute Gasteiger partial charge is 0.312 e. The molecule has 78 valence electrons. The van der Waals surface area contributed by atoms with Crippen molar-refractivity contribution in [3.05, 3.63) is 30.3 Å². The first kappa shape index (κ1) is 9.71. The molecule has 0 aromatic carbocycles. The van der Waals surface area contributed by atoms with Gasteiger partial charge in [0.05, 0.1) is 24.1 Å². The van der Waals surface area contributed by atoms with Crippen molar-refractivity contribution in [2.45, 2.75) is 19.3 Å². The predicted octanol–water partition coefficient (Wildman–Crippen LogP) is 2.41. The van der Waals surface area contributed by atoms with Crippen LogP contribution >= 0.6 is 0 Å². The van der Waals surface area contributed by atoms with E-state index in [1.165, 1.54) is 0 Å². The number of hydrogen-bond donors (Lipinski definition) is 1. The van der Waals surface area contributed by atoms with Crippen LogP contribution in [0.2, 0.25) is 0 Å². The van der Waals surface area contributed by atoms with Gasteiger partial charge >= 0.3 is 5.97 Å². The zero-order valence-corrected chi connectivity index (χ0v) is 8.30. The Morgan fingerprint density at radius 1 is 1.67 bits per heavy atom. The van der Waals surface area contributed by atoms with Crippen molar-refractivity contribution in [1.82, 2.24) is 4.98 Å². The van der Waals surface area contributed by atoms with Crippen molar-refractivity contribution >= 4 is 16.9 Å². The van der Waals surface area contributed by atoms with Crippen molar-refractivity contribution in [2.75, 3.05) is 0 Å². The predicted molar refractivity (Wildman–Crippen MR) is 54.7 cm³/mol. The zero-order valence-electron chi connectivity index (χ0n) is 8.30. The van der Waals surface area contributed by atoms with E-state index in [1.807, 2.05) is 6.92 Å². The molecule has 15 heavy (non-hydrogen) atoms. The van der Waals surface area contributed by atoms with E-state index in [0.717, 1.165) is 5.39 Å². The molecule has 2 aromatic heterocycles. The molecule has 0 aliphatic heterocycles. The highest BCUT2D eigenvalue weighted by Crippen LogP contribution is 2.22. The van der Waals surface area contributed by atoms with Gasteiger partial charge in [-0.3, -0.25) is 9.78 Å². The second-order valence-electron chi connectivity index (χ2n) is 3.37. The molecule has 0 saturated heterocycles. The third-order valence-electron chi connectivity index (χ3n) is 2.42. The molecule has 0 fully saturated rings. The molecule has 4 nitrogen and oxygen atoms in total. The van der Waals surface area contributed by atoms with E-state index in [9.17, 15) is 4.79 Å². The van der Waals surface area contributed by atoms with Crippen LogP contribution in [0.1, 0.15) is 25.0 Å². The minimum atomic E-state index is -0.840. The van der Waals surface area contributed by atoms with Crippen LogP contribution in [0.4, 0.5) is 0 Å². The standard InChI is InChI=1S/C11H11NO3/c1-2-8(11(13)14)9-5-7-3-4-15-10(7)6-12-9/h3-6,8H,2H2,1H3,(H,13,14). The minimum absolute atomic E-state index is 0.533. The topological polar surface area (TPSA) is 63.3 Å². The molecule has 2 aromatic rings. The fraction of sp³-hybridized carbons (Fsp3) is 0.273. The van der Waals surface area contributed by atoms with Gasteiger partial charge in [-0.1, -0.05) is 6.92 Å². The van der Waals surface area contributed by atoms with E-state index in [0.29, 0.717) is 17.7 Å². The van der Waals surface area contributed by atoms with Crippen LogP contribution in [-0.2, 0) is 4.79 Å². The zero-order chi connectivity index (χ0) is 10.8. The SMILES string of the molecule is CCC(C(=O)O)c1cc2ccoc2cn1. The van der Waals surface area contributed by atoms with Crippen LogP contribution in [-0.4, -0.2) is 16.1 Å². The number of hydrogen-bond acceptors (Lipinski definition) is 3. The summed E-state index contributed by atoms with van der Waals surface area (Å²) >= 11 is 0. The Kier molecular flexibility index (Phi) is 2.41. The van der Waals surface area contributed by atoms with Crippen molar-refractivity contribution < 1.29 is 14.3 Å². The maximum atomic E-state index is 10.9. The van der Waals surface area contributed by atoms with Gasteiger partial charge in [0.15, 0.2) is 5.58 Å². The first-order valence-electron chi connectivity index (χ1n) is 4.78. The van der Waals surface area contributed by atoms with Crippen LogP contribution in [0.5, 0.6) is 0 Å². The second-order valence-corrected chi connectivity index (χ2v) is 3.37. The molecule has 4 heteroatoms. The average Bonchev–Trinajstić information content (AvgIpc) is 2.65. The number of nitrogens with zero attached hydrogens (tertiary/aromatic N) is 1. The second kappa shape index (κ2) is 3.73. The summed E-state index contributed by atoms with van der Waals surface area (Å²) < 4.78 is 5.14. The fourth-order valence-corrected chi connectivity index (χ4v) is 1.59. The maximum absolute atomic E-state index is 10.9. The van der Waals surface area contributed by atoms with E-state index in [1.54, 1.807) is 24.6 Å². The third-order valence-corrected chi connectivity index (χ3v) is 2.42. The van der Waals surface area contributed by atoms with E-state index >= 15 is 0 Å². The lowest BCUT2D eigenvalue weighted by Gasteiger charge is -2.08. The average molecular weight is 205 g/mol. The molecule has 0 spiro atoms. The molecule has 1 atom stereocenters. The Hall–Kier alpha value is -1.84. The number of aliphatic carboxylic acids is 1. The Labute approximate surface area is 86.5 Å². The van der Waals surface area contributed by atoms with Crippen molar-refractivity contribution in [3.63, 3.8) is 0 Å². The van der Waals surface area contributed by atoms with Gasteiger partial charge < -0.3 is 9.52 Å². The Morgan fingerprint density at radius 3 is 3.13 bits per heavy atom. The number of aromatic nitrogens is 1. The van der Waals surface area contributed by atoms with Crippen LogP contribution < -0.4 is 0 Å². The van der Waals surface area contributed by atoms with E-state index < -0.39 is 11.9 Å². The first-order valence-corrected chi connectivity index (χ1v) is 4.78. The molecular formula is C11H11NO3. The molecule has 0 bridgehead atoms. The molecule has 2 heterocycles. The Morgan fingerprint density at radius 2 is 2.47 bits per heavy atom. The van der Waals surface area contributed by atoms with Gasteiger partial charge in [-0.15, -0.1) is 0 Å². The van der Waals surface area contributed by atoms with E-state index in [2.05, 4.69) is 4.98 Å². The van der Waals surface area contributed by atoms with Gasteiger partial charge in [0.1, 0.15) is 0 Å². The molecule has 2 rings (SSSR count). The minimum Gasteiger partial charge on any atom is -0.481 e. The van der Waals surface area contributed by atoms with Crippen LogP contribution in [0.25, 0.3) is 11.0 Å². The number of rotatable bonds is 3. The van der Waals surface area contributed by atoms with Gasteiger partial charge in [-0.2, -0.15) is 0 Å². The normalized spacial score (nSPS) is 12.9. The number of carboxylic acids is 1. The molecule has 0 aliphatic rings. The lowest BCUT2D eigenvalue weighted by atomic mass is 10.0.